The van der Waals surface area contributed by atoms with Gasteiger partial charge in [0.1, 0.15) is 17.0 Å². The van der Waals surface area contributed by atoms with E-state index in [2.05, 4.69) is 210 Å². The molecule has 1 aliphatic carbocycles. The summed E-state index contributed by atoms with van der Waals surface area (Å²) >= 11 is 1.80. The summed E-state index contributed by atoms with van der Waals surface area (Å²) in [6.07, 6.45) is 8.30. The predicted octanol–water partition coefficient (Wildman–Crippen LogP) is 17.0. The molecule has 5 heteroatoms. The van der Waals surface area contributed by atoms with Crippen LogP contribution in [0.25, 0.3) is 87.1 Å². The van der Waals surface area contributed by atoms with Crippen LogP contribution < -0.4 is 0 Å². The first-order chi connectivity index (χ1) is 33.5. The van der Waals surface area contributed by atoms with Gasteiger partial charge in [0.15, 0.2) is 11.6 Å². The molecule has 8 aromatic carbocycles. The van der Waals surface area contributed by atoms with E-state index in [-0.39, 0.29) is 5.92 Å². The number of para-hydroxylation sites is 1. The van der Waals surface area contributed by atoms with Crippen molar-refractivity contribution in [2.75, 3.05) is 0 Å². The van der Waals surface area contributed by atoms with Crippen molar-refractivity contribution in [2.45, 2.75) is 51.9 Å². The first-order valence-electron chi connectivity index (χ1n) is 23.7. The van der Waals surface area contributed by atoms with Crippen LogP contribution in [0.1, 0.15) is 66.8 Å². The van der Waals surface area contributed by atoms with Gasteiger partial charge < -0.3 is 4.42 Å². The van der Waals surface area contributed by atoms with Crippen molar-refractivity contribution in [3.8, 4) is 45.0 Å². The molecule has 0 N–H and O–H groups in total. The Kier molecular flexibility index (Phi) is 10.3. The molecule has 68 heavy (non-hydrogen) atoms. The largest absolute Gasteiger partial charge is 0.456 e. The Balaban J connectivity index is 1.00. The van der Waals surface area contributed by atoms with Crippen molar-refractivity contribution >= 4 is 53.4 Å². The fourth-order valence-electron chi connectivity index (χ4n) is 11.2. The molecule has 0 bridgehead atoms. The fraction of sp³-hybridized carbons (Fsp3) is 0.127. The molecule has 0 aliphatic heterocycles. The summed E-state index contributed by atoms with van der Waals surface area (Å²) in [5, 5.41) is 4.64. The molecule has 0 fully saturated rings. The maximum absolute atomic E-state index is 6.39. The van der Waals surface area contributed by atoms with Gasteiger partial charge in [0.25, 0.3) is 0 Å². The van der Waals surface area contributed by atoms with E-state index in [4.69, 9.17) is 19.4 Å². The molecular weight excluding hydrogens is 847 g/mol. The van der Waals surface area contributed by atoms with Gasteiger partial charge in [-0.1, -0.05) is 165 Å². The minimum absolute atomic E-state index is 0.125. The van der Waals surface area contributed by atoms with Gasteiger partial charge in [-0.15, -0.1) is 11.3 Å². The van der Waals surface area contributed by atoms with Gasteiger partial charge in [0.2, 0.25) is 0 Å². The van der Waals surface area contributed by atoms with Crippen molar-refractivity contribution in [2.24, 2.45) is 0 Å². The van der Waals surface area contributed by atoms with Crippen LogP contribution in [-0.2, 0) is 11.8 Å². The average Bonchev–Trinajstić information content (AvgIpc) is 4.05. The molecule has 2 atom stereocenters. The number of thiophene rings is 1. The second-order valence-corrected chi connectivity index (χ2v) is 19.1. The lowest BCUT2D eigenvalue weighted by Gasteiger charge is -2.35. The van der Waals surface area contributed by atoms with Crippen LogP contribution in [0.2, 0.25) is 0 Å². The van der Waals surface area contributed by atoms with Crippen LogP contribution in [0.3, 0.4) is 0 Å². The predicted molar refractivity (Wildman–Crippen MR) is 285 cm³/mol. The SMILES string of the molecule is C/C=C\C(=C/C)C1(c2ccccc2)c2ccccc2-c2cc(-c3ccccc3C(CC)Cc3nc(-c4ccc5c(c4)oc4ccccc45)nc(-c4cccc5c4sc4ccccc45)n3)c(C)cc21. The number of aromatic nitrogens is 3. The quantitative estimate of drug-likeness (QED) is 0.128. The number of aryl methyl sites for hydroxylation is 1. The molecule has 4 nitrogen and oxygen atoms in total. The maximum atomic E-state index is 6.39. The van der Waals surface area contributed by atoms with Crippen molar-refractivity contribution in [3.05, 3.63) is 233 Å². The topological polar surface area (TPSA) is 51.8 Å². The summed E-state index contributed by atoms with van der Waals surface area (Å²) in [5.74, 6) is 2.22. The number of fused-ring (bicyclic) bond motifs is 9. The van der Waals surface area contributed by atoms with E-state index in [9.17, 15) is 0 Å². The van der Waals surface area contributed by atoms with Gasteiger partial charge in [0, 0.05) is 48.5 Å². The lowest BCUT2D eigenvalue weighted by molar-refractivity contribution is 0.636. The second-order valence-electron chi connectivity index (χ2n) is 18.0. The number of furan rings is 1. The third-order valence-corrected chi connectivity index (χ3v) is 15.5. The Morgan fingerprint density at radius 1 is 0.588 bits per heavy atom. The molecule has 11 aromatic rings. The van der Waals surface area contributed by atoms with Gasteiger partial charge in [0.05, 0.1) is 5.41 Å². The van der Waals surface area contributed by atoms with E-state index in [1.807, 2.05) is 12.1 Å². The van der Waals surface area contributed by atoms with Crippen LogP contribution in [0.4, 0.5) is 0 Å². The van der Waals surface area contributed by atoms with Gasteiger partial charge in [-0.25, -0.2) is 15.0 Å². The maximum Gasteiger partial charge on any atom is 0.165 e. The summed E-state index contributed by atoms with van der Waals surface area (Å²) < 4.78 is 8.82. The zero-order valence-corrected chi connectivity index (χ0v) is 39.4. The van der Waals surface area contributed by atoms with Gasteiger partial charge in [-0.3, -0.25) is 0 Å². The molecular formula is C63H49N3OS. The number of nitrogens with zero attached hydrogens (tertiary/aromatic N) is 3. The van der Waals surface area contributed by atoms with Crippen LogP contribution in [0, 0.1) is 6.92 Å². The smallest absolute Gasteiger partial charge is 0.165 e. The first kappa shape index (κ1) is 41.7. The monoisotopic (exact) mass is 895 g/mol. The minimum Gasteiger partial charge on any atom is -0.456 e. The second kappa shape index (κ2) is 16.9. The standard InChI is InChI=1S/C63H49N3OS/c1-5-20-42(7-3)63(43-21-9-8-10-22-43)54-30-16-13-25-46(54)53-38-52(39(4)35-55(53)63)45-24-12-11-23-44(45)40(6-2)37-59-64-61(41-33-34-48-47-26-14-17-31-56(47)67-57(48)36-41)66-62(65-59)51-29-19-28-50-49-27-15-18-32-58(49)68-60(50)51/h5,7-36,38,40H,6,37H2,1-4H3/b20-5-,42-7+. The van der Waals surface area contributed by atoms with Crippen LogP contribution in [-0.4, -0.2) is 15.0 Å². The number of allylic oxidation sites excluding steroid dienone is 4. The molecule has 3 aromatic heterocycles. The number of rotatable bonds is 10. The Morgan fingerprint density at radius 2 is 1.29 bits per heavy atom. The summed E-state index contributed by atoms with van der Waals surface area (Å²) in [6, 6.07) is 63.7. The molecule has 0 spiro atoms. The van der Waals surface area contributed by atoms with Crippen LogP contribution in [0.15, 0.2) is 204 Å². The van der Waals surface area contributed by atoms with Gasteiger partial charge >= 0.3 is 0 Å². The highest BCUT2D eigenvalue weighted by molar-refractivity contribution is 7.26. The zero-order chi connectivity index (χ0) is 45.9. The summed E-state index contributed by atoms with van der Waals surface area (Å²) in [6.45, 7) is 8.86. The summed E-state index contributed by atoms with van der Waals surface area (Å²) in [5.41, 5.74) is 15.9. The number of hydrogen-bond acceptors (Lipinski definition) is 5. The molecule has 0 saturated heterocycles. The van der Waals surface area contributed by atoms with Crippen LogP contribution >= 0.6 is 11.3 Å². The Morgan fingerprint density at radius 3 is 2.13 bits per heavy atom. The molecule has 0 amide bonds. The molecule has 1 aliphatic rings. The van der Waals surface area contributed by atoms with Gasteiger partial charge in [-0.2, -0.15) is 0 Å². The summed E-state index contributed by atoms with van der Waals surface area (Å²) in [4.78, 5) is 16.0. The highest BCUT2D eigenvalue weighted by Gasteiger charge is 2.46. The van der Waals surface area contributed by atoms with Crippen molar-refractivity contribution < 1.29 is 4.42 Å². The Labute approximate surface area is 401 Å². The number of hydrogen-bond donors (Lipinski definition) is 0. The third-order valence-electron chi connectivity index (χ3n) is 14.3. The van der Waals surface area contributed by atoms with E-state index >= 15 is 0 Å². The van der Waals surface area contributed by atoms with Crippen molar-refractivity contribution in [1.29, 1.82) is 0 Å². The van der Waals surface area contributed by atoms with Crippen LogP contribution in [0.5, 0.6) is 0 Å². The third kappa shape index (κ3) is 6.59. The normalized spacial score (nSPS) is 15.2. The Bertz CT molecular complexity index is 3820. The molecule has 12 rings (SSSR count). The zero-order valence-electron chi connectivity index (χ0n) is 38.6. The summed E-state index contributed by atoms with van der Waals surface area (Å²) in [7, 11) is 0. The van der Waals surface area contributed by atoms with Crippen molar-refractivity contribution in [3.63, 3.8) is 0 Å². The van der Waals surface area contributed by atoms with E-state index in [1.165, 1.54) is 75.8 Å². The molecule has 2 unspecified atom stereocenters. The first-order valence-corrected chi connectivity index (χ1v) is 24.6. The number of benzene rings is 8. The molecule has 328 valence electrons. The lowest BCUT2D eigenvalue weighted by Crippen LogP contribution is -2.29. The highest BCUT2D eigenvalue weighted by atomic mass is 32.1. The molecule has 3 heterocycles. The fourth-order valence-corrected chi connectivity index (χ4v) is 12.4. The van der Waals surface area contributed by atoms with E-state index in [0.717, 1.165) is 45.3 Å². The van der Waals surface area contributed by atoms with E-state index in [1.54, 1.807) is 11.3 Å². The van der Waals surface area contributed by atoms with Gasteiger partial charge in [-0.05, 0) is 125 Å². The highest BCUT2D eigenvalue weighted by Crippen LogP contribution is 2.58. The van der Waals surface area contributed by atoms with E-state index < -0.39 is 5.41 Å². The molecule has 0 radical (unpaired) electrons. The van der Waals surface area contributed by atoms with E-state index in [0.29, 0.717) is 18.1 Å². The van der Waals surface area contributed by atoms with Crippen molar-refractivity contribution in [1.82, 2.24) is 15.0 Å². The lowest BCUT2D eigenvalue weighted by atomic mass is 9.66. The minimum atomic E-state index is -0.452. The Hall–Kier alpha value is -7.73. The molecule has 0 saturated carbocycles. The average molecular weight is 896 g/mol.